The minimum Gasteiger partial charge on any atom is -0.497 e. The van der Waals surface area contributed by atoms with Crippen LogP contribution in [-0.4, -0.2) is 27.4 Å². The van der Waals surface area contributed by atoms with Crippen molar-refractivity contribution in [2.45, 2.75) is 18.9 Å². The highest BCUT2D eigenvalue weighted by Crippen LogP contribution is 2.28. The molecule has 0 radical (unpaired) electrons. The molecule has 2 unspecified atom stereocenters. The quantitative estimate of drug-likeness (QED) is 0.869. The SMILES string of the molecule is COCC1CCNC(c2ccc(OC)cc2)C1. The second-order valence-electron chi connectivity index (χ2n) is 4.63. The van der Waals surface area contributed by atoms with Crippen molar-refractivity contribution in [2.75, 3.05) is 27.4 Å². The van der Waals surface area contributed by atoms with Crippen molar-refractivity contribution in [3.8, 4) is 5.75 Å². The number of ether oxygens (including phenoxy) is 2. The molecule has 1 N–H and O–H groups in total. The fourth-order valence-electron chi connectivity index (χ4n) is 2.47. The predicted octanol–water partition coefficient (Wildman–Crippen LogP) is 2.38. The highest BCUT2D eigenvalue weighted by Gasteiger charge is 2.22. The van der Waals surface area contributed by atoms with Gasteiger partial charge in [0.05, 0.1) is 7.11 Å². The molecule has 94 valence electrons. The van der Waals surface area contributed by atoms with Crippen LogP contribution in [0.2, 0.25) is 0 Å². The summed E-state index contributed by atoms with van der Waals surface area (Å²) in [5, 5.41) is 3.56. The third-order valence-corrected chi connectivity index (χ3v) is 3.43. The Bertz CT molecular complexity index is 335. The highest BCUT2D eigenvalue weighted by molar-refractivity contribution is 5.29. The summed E-state index contributed by atoms with van der Waals surface area (Å²) in [6.45, 7) is 1.94. The molecular formula is C14H21NO2. The lowest BCUT2D eigenvalue weighted by molar-refractivity contribution is 0.124. The zero-order valence-electron chi connectivity index (χ0n) is 10.6. The first-order valence-electron chi connectivity index (χ1n) is 6.19. The van der Waals surface area contributed by atoms with Gasteiger partial charge >= 0.3 is 0 Å². The zero-order chi connectivity index (χ0) is 12.1. The standard InChI is InChI=1S/C14H21NO2/c1-16-10-11-7-8-15-14(9-11)12-3-5-13(17-2)6-4-12/h3-6,11,14-15H,7-10H2,1-2H3. The van der Waals surface area contributed by atoms with Crippen LogP contribution >= 0.6 is 0 Å². The maximum absolute atomic E-state index is 5.25. The van der Waals surface area contributed by atoms with E-state index in [1.807, 2.05) is 12.1 Å². The van der Waals surface area contributed by atoms with Gasteiger partial charge in [-0.1, -0.05) is 12.1 Å². The average Bonchev–Trinajstić information content (AvgIpc) is 2.40. The molecule has 1 heterocycles. The molecule has 3 heteroatoms. The number of nitrogens with one attached hydrogen (secondary N) is 1. The molecule has 2 rings (SSSR count). The van der Waals surface area contributed by atoms with Gasteiger partial charge in [0, 0.05) is 19.8 Å². The largest absolute Gasteiger partial charge is 0.497 e. The maximum Gasteiger partial charge on any atom is 0.118 e. The molecule has 0 amide bonds. The van der Waals surface area contributed by atoms with E-state index >= 15 is 0 Å². The summed E-state index contributed by atoms with van der Waals surface area (Å²) in [4.78, 5) is 0. The minimum atomic E-state index is 0.454. The molecule has 0 spiro atoms. The predicted molar refractivity (Wildman–Crippen MR) is 68.3 cm³/mol. The fraction of sp³-hybridized carbons (Fsp3) is 0.571. The van der Waals surface area contributed by atoms with Crippen LogP contribution in [0.1, 0.15) is 24.4 Å². The van der Waals surface area contributed by atoms with Crippen LogP contribution in [-0.2, 0) is 4.74 Å². The first-order valence-corrected chi connectivity index (χ1v) is 6.19. The summed E-state index contributed by atoms with van der Waals surface area (Å²) in [7, 11) is 3.48. The van der Waals surface area contributed by atoms with Crippen LogP contribution in [0.4, 0.5) is 0 Å². The molecule has 1 aromatic carbocycles. The lowest BCUT2D eigenvalue weighted by Crippen LogP contribution is -2.33. The molecule has 3 nitrogen and oxygen atoms in total. The number of hydrogen-bond acceptors (Lipinski definition) is 3. The van der Waals surface area contributed by atoms with E-state index in [1.54, 1.807) is 14.2 Å². The summed E-state index contributed by atoms with van der Waals surface area (Å²) in [6.07, 6.45) is 2.36. The lowest BCUT2D eigenvalue weighted by Gasteiger charge is -2.30. The Hall–Kier alpha value is -1.06. The molecule has 0 aliphatic carbocycles. The van der Waals surface area contributed by atoms with E-state index < -0.39 is 0 Å². The molecule has 1 aliphatic rings. The molecule has 0 saturated carbocycles. The molecule has 0 aromatic heterocycles. The number of hydrogen-bond donors (Lipinski definition) is 1. The van der Waals surface area contributed by atoms with Crippen molar-refractivity contribution in [3.05, 3.63) is 29.8 Å². The summed E-state index contributed by atoms with van der Waals surface area (Å²) in [5.41, 5.74) is 1.34. The summed E-state index contributed by atoms with van der Waals surface area (Å²) in [6, 6.07) is 8.79. The lowest BCUT2D eigenvalue weighted by atomic mass is 9.89. The second kappa shape index (κ2) is 6.03. The maximum atomic E-state index is 5.25. The van der Waals surface area contributed by atoms with Gasteiger partial charge in [-0.25, -0.2) is 0 Å². The van der Waals surface area contributed by atoms with Crippen molar-refractivity contribution in [3.63, 3.8) is 0 Å². The van der Waals surface area contributed by atoms with Gasteiger partial charge in [0.1, 0.15) is 5.75 Å². The number of rotatable bonds is 4. The molecule has 1 aliphatic heterocycles. The van der Waals surface area contributed by atoms with Crippen LogP contribution in [0.25, 0.3) is 0 Å². The van der Waals surface area contributed by atoms with Crippen LogP contribution < -0.4 is 10.1 Å². The third-order valence-electron chi connectivity index (χ3n) is 3.43. The molecule has 2 atom stereocenters. The van der Waals surface area contributed by atoms with Gasteiger partial charge < -0.3 is 14.8 Å². The van der Waals surface area contributed by atoms with E-state index in [9.17, 15) is 0 Å². The minimum absolute atomic E-state index is 0.454. The van der Waals surface area contributed by atoms with E-state index in [-0.39, 0.29) is 0 Å². The fourth-order valence-corrected chi connectivity index (χ4v) is 2.47. The van der Waals surface area contributed by atoms with Crippen molar-refractivity contribution in [1.29, 1.82) is 0 Å². The Morgan fingerprint density at radius 1 is 1.24 bits per heavy atom. The van der Waals surface area contributed by atoms with Crippen LogP contribution in [0.5, 0.6) is 5.75 Å². The third kappa shape index (κ3) is 3.20. The van der Waals surface area contributed by atoms with Gasteiger partial charge in [-0.15, -0.1) is 0 Å². The first-order chi connectivity index (χ1) is 8.33. The van der Waals surface area contributed by atoms with Crippen molar-refractivity contribution in [2.24, 2.45) is 5.92 Å². The van der Waals surface area contributed by atoms with Gasteiger partial charge in [-0.3, -0.25) is 0 Å². The van der Waals surface area contributed by atoms with Crippen molar-refractivity contribution in [1.82, 2.24) is 5.32 Å². The van der Waals surface area contributed by atoms with Gasteiger partial charge in [-0.05, 0) is 43.0 Å². The van der Waals surface area contributed by atoms with E-state index in [1.165, 1.54) is 12.0 Å². The normalized spacial score (nSPS) is 24.6. The van der Waals surface area contributed by atoms with Crippen molar-refractivity contribution < 1.29 is 9.47 Å². The zero-order valence-corrected chi connectivity index (χ0v) is 10.6. The average molecular weight is 235 g/mol. The summed E-state index contributed by atoms with van der Waals surface area (Å²) < 4.78 is 10.4. The summed E-state index contributed by atoms with van der Waals surface area (Å²) in [5.74, 6) is 1.59. The van der Waals surface area contributed by atoms with Crippen LogP contribution in [0, 0.1) is 5.92 Å². The summed E-state index contributed by atoms with van der Waals surface area (Å²) >= 11 is 0. The number of piperidine rings is 1. The Balaban J connectivity index is 2.00. The topological polar surface area (TPSA) is 30.5 Å². The van der Waals surface area contributed by atoms with Gasteiger partial charge in [-0.2, -0.15) is 0 Å². The Kier molecular flexibility index (Phi) is 4.40. The molecule has 17 heavy (non-hydrogen) atoms. The van der Waals surface area contributed by atoms with Gasteiger partial charge in [0.25, 0.3) is 0 Å². The van der Waals surface area contributed by atoms with E-state index in [2.05, 4.69) is 17.4 Å². The Labute approximate surface area is 103 Å². The second-order valence-corrected chi connectivity index (χ2v) is 4.63. The molecule has 1 fully saturated rings. The van der Waals surface area contributed by atoms with Crippen LogP contribution in [0.3, 0.4) is 0 Å². The number of benzene rings is 1. The van der Waals surface area contributed by atoms with E-state index in [0.29, 0.717) is 12.0 Å². The van der Waals surface area contributed by atoms with E-state index in [4.69, 9.17) is 9.47 Å². The van der Waals surface area contributed by atoms with Crippen molar-refractivity contribution >= 4 is 0 Å². The van der Waals surface area contributed by atoms with Gasteiger partial charge in [0.15, 0.2) is 0 Å². The first kappa shape index (κ1) is 12.4. The number of methoxy groups -OCH3 is 2. The molecular weight excluding hydrogens is 214 g/mol. The molecule has 1 aromatic rings. The Morgan fingerprint density at radius 2 is 2.00 bits per heavy atom. The monoisotopic (exact) mass is 235 g/mol. The van der Waals surface area contributed by atoms with E-state index in [0.717, 1.165) is 25.3 Å². The van der Waals surface area contributed by atoms with Crippen LogP contribution in [0.15, 0.2) is 24.3 Å². The van der Waals surface area contributed by atoms with Gasteiger partial charge in [0.2, 0.25) is 0 Å². The molecule has 1 saturated heterocycles. The Morgan fingerprint density at radius 3 is 2.65 bits per heavy atom. The smallest absolute Gasteiger partial charge is 0.118 e. The molecule has 0 bridgehead atoms. The highest BCUT2D eigenvalue weighted by atomic mass is 16.5.